The molecule has 0 aromatic heterocycles. The van der Waals surface area contributed by atoms with Crippen molar-refractivity contribution >= 4 is 0 Å². The van der Waals surface area contributed by atoms with Crippen molar-refractivity contribution < 1.29 is 9.47 Å². The molecular weight excluding hydrogens is 190 g/mol. The van der Waals surface area contributed by atoms with Gasteiger partial charge in [0.25, 0.3) is 0 Å². The number of ether oxygens (including phenoxy) is 2. The van der Waals surface area contributed by atoms with Gasteiger partial charge in [0.2, 0.25) is 0 Å². The third-order valence-corrected chi connectivity index (χ3v) is 2.75. The Balaban J connectivity index is 3.04. The second-order valence-electron chi connectivity index (χ2n) is 3.56. The zero-order valence-corrected chi connectivity index (χ0v) is 9.57. The lowest BCUT2D eigenvalue weighted by Crippen LogP contribution is -2.49. The summed E-state index contributed by atoms with van der Waals surface area (Å²) < 4.78 is 10.5. The van der Waals surface area contributed by atoms with Crippen molar-refractivity contribution in [2.24, 2.45) is 5.73 Å². The molecule has 0 bridgehead atoms. The average molecular weight is 209 g/mol. The van der Waals surface area contributed by atoms with E-state index < -0.39 is 11.8 Å². The zero-order valence-electron chi connectivity index (χ0n) is 9.57. The van der Waals surface area contributed by atoms with Crippen molar-refractivity contribution in [1.29, 1.82) is 0 Å². The first-order chi connectivity index (χ1) is 7.19. The quantitative estimate of drug-likeness (QED) is 0.753. The van der Waals surface area contributed by atoms with Crippen LogP contribution in [0.4, 0.5) is 0 Å². The van der Waals surface area contributed by atoms with Crippen molar-refractivity contribution in [1.82, 2.24) is 0 Å². The zero-order chi connectivity index (χ0) is 11.3. The predicted octanol–water partition coefficient (Wildman–Crippen LogP) is 1.87. The van der Waals surface area contributed by atoms with E-state index >= 15 is 0 Å². The van der Waals surface area contributed by atoms with E-state index in [4.69, 9.17) is 15.2 Å². The van der Waals surface area contributed by atoms with E-state index in [9.17, 15) is 0 Å². The molecule has 1 atom stereocenters. The van der Waals surface area contributed by atoms with Crippen LogP contribution in [0.3, 0.4) is 0 Å². The van der Waals surface area contributed by atoms with Gasteiger partial charge in [-0.15, -0.1) is 0 Å². The maximum absolute atomic E-state index is 6.33. The lowest BCUT2D eigenvalue weighted by molar-refractivity contribution is -0.150. The molecule has 0 spiro atoms. The van der Waals surface area contributed by atoms with Gasteiger partial charge in [0.1, 0.15) is 0 Å². The molecule has 0 aliphatic carbocycles. The fourth-order valence-corrected chi connectivity index (χ4v) is 1.77. The van der Waals surface area contributed by atoms with Crippen LogP contribution in [0.1, 0.15) is 18.9 Å². The van der Waals surface area contributed by atoms with Gasteiger partial charge in [-0.05, 0) is 12.0 Å². The van der Waals surface area contributed by atoms with Crippen molar-refractivity contribution in [3.05, 3.63) is 35.9 Å². The molecule has 0 radical (unpaired) electrons. The Hall–Kier alpha value is -0.900. The van der Waals surface area contributed by atoms with Gasteiger partial charge in [0, 0.05) is 14.2 Å². The van der Waals surface area contributed by atoms with Crippen LogP contribution >= 0.6 is 0 Å². The highest BCUT2D eigenvalue weighted by Gasteiger charge is 2.35. The number of rotatable bonds is 5. The SMILES string of the molecule is CCC(N)(c1ccccc1)C(OC)OC. The summed E-state index contributed by atoms with van der Waals surface area (Å²) in [5.74, 6) is 0. The lowest BCUT2D eigenvalue weighted by Gasteiger charge is -2.35. The van der Waals surface area contributed by atoms with Gasteiger partial charge in [-0.2, -0.15) is 0 Å². The molecule has 1 aromatic carbocycles. The predicted molar refractivity (Wildman–Crippen MR) is 60.4 cm³/mol. The minimum Gasteiger partial charge on any atom is -0.354 e. The van der Waals surface area contributed by atoms with Crippen LogP contribution in [0.2, 0.25) is 0 Å². The third-order valence-electron chi connectivity index (χ3n) is 2.75. The van der Waals surface area contributed by atoms with Gasteiger partial charge in [0.15, 0.2) is 6.29 Å². The molecule has 84 valence electrons. The smallest absolute Gasteiger partial charge is 0.178 e. The van der Waals surface area contributed by atoms with E-state index in [2.05, 4.69) is 0 Å². The van der Waals surface area contributed by atoms with Gasteiger partial charge in [-0.25, -0.2) is 0 Å². The van der Waals surface area contributed by atoms with Crippen molar-refractivity contribution in [2.75, 3.05) is 14.2 Å². The summed E-state index contributed by atoms with van der Waals surface area (Å²) in [5, 5.41) is 0. The molecule has 0 saturated heterocycles. The first-order valence-corrected chi connectivity index (χ1v) is 5.09. The summed E-state index contributed by atoms with van der Waals surface area (Å²) in [4.78, 5) is 0. The molecule has 3 nitrogen and oxygen atoms in total. The normalized spacial score (nSPS) is 15.3. The van der Waals surface area contributed by atoms with Crippen LogP contribution in [0.25, 0.3) is 0 Å². The molecule has 0 heterocycles. The minimum absolute atomic E-state index is 0.426. The van der Waals surface area contributed by atoms with Gasteiger partial charge in [-0.1, -0.05) is 37.3 Å². The highest BCUT2D eigenvalue weighted by atomic mass is 16.7. The Bertz CT molecular complexity index is 285. The van der Waals surface area contributed by atoms with Crippen LogP contribution in [-0.4, -0.2) is 20.5 Å². The number of methoxy groups -OCH3 is 2. The summed E-state index contributed by atoms with van der Waals surface area (Å²) in [5.41, 5.74) is 6.77. The first-order valence-electron chi connectivity index (χ1n) is 5.09. The number of hydrogen-bond acceptors (Lipinski definition) is 3. The fraction of sp³-hybridized carbons (Fsp3) is 0.500. The van der Waals surface area contributed by atoms with Crippen LogP contribution in [0, 0.1) is 0 Å². The monoisotopic (exact) mass is 209 g/mol. The molecule has 1 unspecified atom stereocenters. The van der Waals surface area contributed by atoms with Crippen molar-refractivity contribution in [3.63, 3.8) is 0 Å². The van der Waals surface area contributed by atoms with Crippen LogP contribution in [0.15, 0.2) is 30.3 Å². The first kappa shape index (κ1) is 12.2. The fourth-order valence-electron chi connectivity index (χ4n) is 1.77. The molecule has 0 fully saturated rings. The Morgan fingerprint density at radius 1 is 1.20 bits per heavy atom. The van der Waals surface area contributed by atoms with Crippen molar-refractivity contribution in [3.8, 4) is 0 Å². The third kappa shape index (κ3) is 2.37. The van der Waals surface area contributed by atoms with Crippen LogP contribution in [-0.2, 0) is 15.0 Å². The standard InChI is InChI=1S/C12H19NO2/c1-4-12(13,11(14-2)15-3)10-8-6-5-7-9-10/h5-9,11H,4,13H2,1-3H3. The van der Waals surface area contributed by atoms with E-state index in [1.165, 1.54) is 0 Å². The number of benzene rings is 1. The average Bonchev–Trinajstić information content (AvgIpc) is 2.31. The van der Waals surface area contributed by atoms with Crippen molar-refractivity contribution in [2.45, 2.75) is 25.2 Å². The summed E-state index contributed by atoms with van der Waals surface area (Å²) >= 11 is 0. The largest absolute Gasteiger partial charge is 0.354 e. The molecule has 2 N–H and O–H groups in total. The second-order valence-corrected chi connectivity index (χ2v) is 3.56. The summed E-state index contributed by atoms with van der Waals surface area (Å²) in [7, 11) is 3.21. The van der Waals surface area contributed by atoms with Gasteiger partial charge >= 0.3 is 0 Å². The Morgan fingerprint density at radius 3 is 2.13 bits per heavy atom. The molecule has 1 rings (SSSR count). The maximum Gasteiger partial charge on any atom is 0.178 e. The minimum atomic E-state index is -0.592. The van der Waals surface area contributed by atoms with E-state index in [0.29, 0.717) is 0 Å². The van der Waals surface area contributed by atoms with Crippen LogP contribution < -0.4 is 5.73 Å². The highest BCUT2D eigenvalue weighted by molar-refractivity contribution is 5.24. The van der Waals surface area contributed by atoms with E-state index in [-0.39, 0.29) is 0 Å². The molecule has 15 heavy (non-hydrogen) atoms. The van der Waals surface area contributed by atoms with Gasteiger partial charge < -0.3 is 15.2 Å². The molecule has 3 heteroatoms. The highest BCUT2D eigenvalue weighted by Crippen LogP contribution is 2.27. The summed E-state index contributed by atoms with van der Waals surface area (Å²) in [6, 6.07) is 9.89. The molecule has 0 aliphatic rings. The van der Waals surface area contributed by atoms with Gasteiger partial charge in [0.05, 0.1) is 5.54 Å². The summed E-state index contributed by atoms with van der Waals surface area (Å²) in [6.45, 7) is 2.03. The molecular formula is C12H19NO2. The molecule has 1 aromatic rings. The lowest BCUT2D eigenvalue weighted by atomic mass is 9.87. The maximum atomic E-state index is 6.33. The van der Waals surface area contributed by atoms with E-state index in [1.807, 2.05) is 37.3 Å². The molecule has 0 amide bonds. The van der Waals surface area contributed by atoms with E-state index in [1.54, 1.807) is 14.2 Å². The summed E-state index contributed by atoms with van der Waals surface area (Å²) in [6.07, 6.45) is 0.327. The van der Waals surface area contributed by atoms with Gasteiger partial charge in [-0.3, -0.25) is 0 Å². The Morgan fingerprint density at radius 2 is 1.73 bits per heavy atom. The number of hydrogen-bond donors (Lipinski definition) is 1. The topological polar surface area (TPSA) is 44.5 Å². The Kier molecular flexibility index (Phi) is 4.27. The van der Waals surface area contributed by atoms with E-state index in [0.717, 1.165) is 12.0 Å². The van der Waals surface area contributed by atoms with Crippen LogP contribution in [0.5, 0.6) is 0 Å². The molecule has 0 saturated carbocycles. The number of nitrogens with two attached hydrogens (primary N) is 1. The second kappa shape index (κ2) is 5.26. The molecule has 0 aliphatic heterocycles. The Labute approximate surface area is 91.2 Å².